The number of halogens is 6. The van der Waals surface area contributed by atoms with Crippen LogP contribution in [0.4, 0.5) is 26.3 Å². The van der Waals surface area contributed by atoms with E-state index in [4.69, 9.17) is 9.47 Å². The number of ether oxygens (including phenoxy) is 2. The van der Waals surface area contributed by atoms with E-state index in [2.05, 4.69) is 10.6 Å². The van der Waals surface area contributed by atoms with E-state index in [1.54, 1.807) is 0 Å². The van der Waals surface area contributed by atoms with Crippen LogP contribution < -0.4 is 10.6 Å². The van der Waals surface area contributed by atoms with Crippen molar-refractivity contribution in [3.63, 3.8) is 0 Å². The normalized spacial score (nSPS) is 25.8. The van der Waals surface area contributed by atoms with Crippen LogP contribution in [0.2, 0.25) is 0 Å². The second-order valence-corrected chi connectivity index (χ2v) is 9.47. The minimum atomic E-state index is -4.93. The first kappa shape index (κ1) is 27.4. The molecular formula is C26H28F6N2O3. The van der Waals surface area contributed by atoms with Crippen LogP contribution in [0.1, 0.15) is 41.5 Å². The molecule has 37 heavy (non-hydrogen) atoms. The fourth-order valence-corrected chi connectivity index (χ4v) is 5.39. The lowest BCUT2D eigenvalue weighted by Crippen LogP contribution is -2.54. The second kappa shape index (κ2) is 10.6. The molecule has 2 aliphatic heterocycles. The Morgan fingerprint density at radius 2 is 1.68 bits per heavy atom. The van der Waals surface area contributed by atoms with Gasteiger partial charge in [0.2, 0.25) is 5.91 Å². The number of amides is 1. The third-order valence-corrected chi connectivity index (χ3v) is 7.09. The average Bonchev–Trinajstić information content (AvgIpc) is 3.17. The third kappa shape index (κ3) is 5.94. The first-order chi connectivity index (χ1) is 17.4. The van der Waals surface area contributed by atoms with Crippen LogP contribution in [0.3, 0.4) is 0 Å². The number of benzene rings is 2. The zero-order valence-electron chi connectivity index (χ0n) is 20.1. The Kier molecular flexibility index (Phi) is 7.87. The summed E-state index contributed by atoms with van der Waals surface area (Å²) in [5.74, 6) is -0.517. The number of piperidine rings is 1. The van der Waals surface area contributed by atoms with Crippen LogP contribution in [0, 0.1) is 5.92 Å². The van der Waals surface area contributed by atoms with Crippen molar-refractivity contribution in [3.05, 3.63) is 70.8 Å². The van der Waals surface area contributed by atoms with E-state index in [0.717, 1.165) is 5.56 Å². The lowest BCUT2D eigenvalue weighted by molar-refractivity contribution is -0.143. The van der Waals surface area contributed by atoms with Gasteiger partial charge in [-0.1, -0.05) is 30.3 Å². The van der Waals surface area contributed by atoms with Gasteiger partial charge in [0.15, 0.2) is 0 Å². The largest absolute Gasteiger partial charge is 0.416 e. The van der Waals surface area contributed by atoms with Gasteiger partial charge in [0, 0.05) is 19.7 Å². The zero-order valence-corrected chi connectivity index (χ0v) is 20.1. The molecule has 4 rings (SSSR count). The molecule has 0 saturated carbocycles. The van der Waals surface area contributed by atoms with E-state index < -0.39 is 41.7 Å². The highest BCUT2D eigenvalue weighted by Gasteiger charge is 2.56. The quantitative estimate of drug-likeness (QED) is 0.371. The molecule has 2 aromatic carbocycles. The fraction of sp³-hybridized carbons (Fsp3) is 0.500. The lowest BCUT2D eigenvalue weighted by Gasteiger charge is -2.42. The van der Waals surface area contributed by atoms with Crippen molar-refractivity contribution >= 4 is 5.91 Å². The van der Waals surface area contributed by atoms with Crippen molar-refractivity contribution < 1.29 is 40.6 Å². The maximum Gasteiger partial charge on any atom is 0.416 e. The van der Waals surface area contributed by atoms with Gasteiger partial charge in [0.1, 0.15) is 0 Å². The maximum absolute atomic E-state index is 13.3. The Morgan fingerprint density at radius 3 is 2.27 bits per heavy atom. The smallest absolute Gasteiger partial charge is 0.383 e. The summed E-state index contributed by atoms with van der Waals surface area (Å²) >= 11 is 0. The molecule has 0 radical (unpaired) electrons. The van der Waals surface area contributed by atoms with E-state index in [9.17, 15) is 31.1 Å². The number of methoxy groups -OCH3 is 1. The number of carbonyl (C=O) groups excluding carboxylic acids is 1. The molecule has 11 heteroatoms. The molecule has 2 bridgehead atoms. The monoisotopic (exact) mass is 530 g/mol. The Hall–Kier alpha value is -2.63. The maximum atomic E-state index is 13.3. The van der Waals surface area contributed by atoms with Crippen molar-refractivity contribution in [1.29, 1.82) is 0 Å². The van der Waals surface area contributed by atoms with E-state index >= 15 is 0 Å². The van der Waals surface area contributed by atoms with Crippen LogP contribution in [0.5, 0.6) is 0 Å². The summed E-state index contributed by atoms with van der Waals surface area (Å²) in [6.45, 7) is 0.278. The first-order valence-electron chi connectivity index (χ1n) is 11.9. The molecule has 4 atom stereocenters. The molecule has 5 nitrogen and oxygen atoms in total. The number of hydrogen-bond donors (Lipinski definition) is 2. The Bertz CT molecular complexity index is 1060. The summed E-state index contributed by atoms with van der Waals surface area (Å²) in [6, 6.07) is 10.6. The number of alkyl halides is 6. The summed E-state index contributed by atoms with van der Waals surface area (Å²) in [5.41, 5.74) is -2.96. The van der Waals surface area contributed by atoms with Crippen molar-refractivity contribution in [2.24, 2.45) is 5.92 Å². The number of hydrogen-bond acceptors (Lipinski definition) is 4. The molecule has 2 heterocycles. The molecule has 1 amide bonds. The first-order valence-corrected chi connectivity index (χ1v) is 11.9. The number of rotatable bonds is 8. The van der Waals surface area contributed by atoms with Gasteiger partial charge >= 0.3 is 12.4 Å². The molecule has 0 spiro atoms. The van der Waals surface area contributed by atoms with Crippen molar-refractivity contribution in [2.75, 3.05) is 20.3 Å². The van der Waals surface area contributed by atoms with Gasteiger partial charge in [-0.2, -0.15) is 26.3 Å². The van der Waals surface area contributed by atoms with E-state index in [-0.39, 0.29) is 29.5 Å². The minimum absolute atomic E-state index is 0.103. The highest BCUT2D eigenvalue weighted by Crippen LogP contribution is 2.48. The lowest BCUT2D eigenvalue weighted by atomic mass is 9.80. The van der Waals surface area contributed by atoms with Gasteiger partial charge in [-0.05, 0) is 48.6 Å². The summed E-state index contributed by atoms with van der Waals surface area (Å²) < 4.78 is 90.9. The molecule has 0 aliphatic carbocycles. The molecule has 202 valence electrons. The van der Waals surface area contributed by atoms with Crippen LogP contribution in [-0.2, 0) is 38.8 Å². The molecule has 2 fully saturated rings. The second-order valence-electron chi connectivity index (χ2n) is 9.47. The summed E-state index contributed by atoms with van der Waals surface area (Å²) in [5, 5.41) is 6.38. The third-order valence-electron chi connectivity index (χ3n) is 7.09. The molecular weight excluding hydrogens is 502 g/mol. The molecule has 2 N–H and O–H groups in total. The van der Waals surface area contributed by atoms with Gasteiger partial charge in [-0.3, -0.25) is 4.79 Å². The highest BCUT2D eigenvalue weighted by atomic mass is 19.4. The van der Waals surface area contributed by atoms with Crippen LogP contribution in [-0.4, -0.2) is 38.3 Å². The molecule has 2 saturated heterocycles. The average molecular weight is 531 g/mol. The van der Waals surface area contributed by atoms with Crippen LogP contribution in [0.15, 0.2) is 48.5 Å². The van der Waals surface area contributed by atoms with Gasteiger partial charge in [-0.15, -0.1) is 0 Å². The SMILES string of the molecule is COCCNC(=O)C1CC2(c3ccccc3)NC1CCC2OCc1cc(C(F)(F)F)cc(C(F)(F)F)c1. The fourth-order valence-electron chi connectivity index (χ4n) is 5.39. The summed E-state index contributed by atoms with van der Waals surface area (Å²) in [4.78, 5) is 12.9. The van der Waals surface area contributed by atoms with Crippen molar-refractivity contribution in [3.8, 4) is 0 Å². The van der Waals surface area contributed by atoms with E-state index in [0.29, 0.717) is 44.5 Å². The Labute approximate surface area is 210 Å². The minimum Gasteiger partial charge on any atom is -0.383 e. The predicted octanol–water partition coefficient (Wildman–Crippen LogP) is 5.04. The van der Waals surface area contributed by atoms with Gasteiger partial charge in [0.05, 0.1) is 41.9 Å². The number of carbonyl (C=O) groups is 1. The predicted molar refractivity (Wildman–Crippen MR) is 122 cm³/mol. The molecule has 2 aliphatic rings. The topological polar surface area (TPSA) is 59.6 Å². The summed E-state index contributed by atoms with van der Waals surface area (Å²) in [6.07, 6.45) is -9.02. The van der Waals surface area contributed by atoms with E-state index in [1.807, 2.05) is 30.3 Å². The van der Waals surface area contributed by atoms with Gasteiger partial charge < -0.3 is 20.1 Å². The van der Waals surface area contributed by atoms with Crippen LogP contribution >= 0.6 is 0 Å². The van der Waals surface area contributed by atoms with Gasteiger partial charge in [0.25, 0.3) is 0 Å². The van der Waals surface area contributed by atoms with Crippen molar-refractivity contribution in [1.82, 2.24) is 10.6 Å². The van der Waals surface area contributed by atoms with Crippen molar-refractivity contribution in [2.45, 2.75) is 55.9 Å². The van der Waals surface area contributed by atoms with Crippen LogP contribution in [0.25, 0.3) is 0 Å². The zero-order chi connectivity index (χ0) is 26.8. The molecule has 2 aromatic rings. The molecule has 0 aromatic heterocycles. The van der Waals surface area contributed by atoms with E-state index in [1.165, 1.54) is 7.11 Å². The Balaban J connectivity index is 1.60. The number of nitrogens with one attached hydrogen (secondary N) is 2. The Morgan fingerprint density at radius 1 is 1.03 bits per heavy atom. The highest BCUT2D eigenvalue weighted by molar-refractivity contribution is 5.80. The number of fused-ring (bicyclic) bond motifs is 2. The standard InChI is InChI=1S/C26H28F6N2O3/c1-36-10-9-33-23(35)20-14-24(17-5-3-2-4-6-17)22(8-7-21(20)34-24)37-15-16-11-18(25(27,28)29)13-19(12-16)26(30,31)32/h2-6,11-13,20-22,34H,7-10,14-15H2,1H3,(H,33,35). The molecule has 4 unspecified atom stereocenters. The van der Waals surface area contributed by atoms with Gasteiger partial charge in [-0.25, -0.2) is 0 Å². The summed E-state index contributed by atoms with van der Waals surface area (Å²) in [7, 11) is 1.53.